The molecule has 0 spiro atoms. The largest absolute Gasteiger partial charge is 0.435 e. The summed E-state index contributed by atoms with van der Waals surface area (Å²) in [5.74, 6) is 0.626. The van der Waals surface area contributed by atoms with Gasteiger partial charge in [0.25, 0.3) is 0 Å². The number of amides is 2. The van der Waals surface area contributed by atoms with Crippen LogP contribution in [0.2, 0.25) is 0 Å². The molecule has 0 radical (unpaired) electrons. The molecule has 2 amide bonds. The minimum atomic E-state index is -2.89. The van der Waals surface area contributed by atoms with Crippen LogP contribution in [0.1, 0.15) is 28.5 Å². The number of hydrogen-bond donors (Lipinski definition) is 0. The van der Waals surface area contributed by atoms with Crippen molar-refractivity contribution >= 4 is 45.3 Å². The molecule has 2 aliphatic rings. The monoisotopic (exact) mass is 466 g/mol. The van der Waals surface area contributed by atoms with E-state index in [-0.39, 0.29) is 11.8 Å². The Labute approximate surface area is 192 Å². The van der Waals surface area contributed by atoms with Crippen LogP contribution < -0.4 is 14.5 Å². The van der Waals surface area contributed by atoms with Gasteiger partial charge in [-0.05, 0) is 67.3 Å². The molecule has 33 heavy (non-hydrogen) atoms. The van der Waals surface area contributed by atoms with Crippen molar-refractivity contribution in [2.75, 3.05) is 9.80 Å². The predicted molar refractivity (Wildman–Crippen MR) is 124 cm³/mol. The minimum Gasteiger partial charge on any atom is -0.435 e. The zero-order valence-corrected chi connectivity index (χ0v) is 18.6. The average Bonchev–Trinajstić information content (AvgIpc) is 3.44. The molecule has 1 fully saturated rings. The Morgan fingerprint density at radius 2 is 1.85 bits per heavy atom. The molecule has 4 aromatic rings. The fourth-order valence-corrected chi connectivity index (χ4v) is 5.58. The summed E-state index contributed by atoms with van der Waals surface area (Å²) in [7, 11) is 1.87. The number of ether oxygens (including phenoxy) is 1. The molecule has 0 N–H and O–H groups in total. The summed E-state index contributed by atoms with van der Waals surface area (Å²) in [6.07, 6.45) is 4.28. The fourth-order valence-electron chi connectivity index (χ4n) is 4.28. The lowest BCUT2D eigenvalue weighted by Crippen LogP contribution is -2.44. The van der Waals surface area contributed by atoms with Gasteiger partial charge in [-0.25, -0.2) is 4.79 Å². The minimum absolute atomic E-state index is 0.0568. The average molecular weight is 467 g/mol. The first-order valence-electron chi connectivity index (χ1n) is 10.7. The Kier molecular flexibility index (Phi) is 4.62. The number of anilines is 3. The second kappa shape index (κ2) is 7.55. The van der Waals surface area contributed by atoms with Crippen LogP contribution in [0.15, 0.2) is 54.7 Å². The first-order chi connectivity index (χ1) is 16.0. The third kappa shape index (κ3) is 3.62. The molecule has 0 atom stereocenters. The number of aromatic nitrogens is 2. The maximum Gasteiger partial charge on any atom is 0.387 e. The molecule has 0 bridgehead atoms. The molecule has 0 unspecified atom stereocenters. The van der Waals surface area contributed by atoms with E-state index >= 15 is 0 Å². The van der Waals surface area contributed by atoms with Crippen molar-refractivity contribution in [2.45, 2.75) is 31.9 Å². The highest BCUT2D eigenvalue weighted by atomic mass is 32.1. The summed E-state index contributed by atoms with van der Waals surface area (Å²) in [6, 6.07) is 13.9. The van der Waals surface area contributed by atoms with Crippen LogP contribution in [0.4, 0.5) is 30.6 Å². The van der Waals surface area contributed by atoms with Gasteiger partial charge in [0.05, 0.1) is 23.4 Å². The normalized spacial score (nSPS) is 16.1. The molecule has 9 heteroatoms. The maximum absolute atomic E-state index is 13.8. The van der Waals surface area contributed by atoms with Crippen molar-refractivity contribution in [3.05, 3.63) is 64.5 Å². The lowest BCUT2D eigenvalue weighted by Gasteiger charge is -2.35. The summed E-state index contributed by atoms with van der Waals surface area (Å²) >= 11 is 1.75. The van der Waals surface area contributed by atoms with Gasteiger partial charge in [-0.3, -0.25) is 14.5 Å². The molecule has 6 rings (SSSR count). The van der Waals surface area contributed by atoms with Crippen LogP contribution in [0, 0.1) is 0 Å². The summed E-state index contributed by atoms with van der Waals surface area (Å²) in [5, 5.41) is 5.37. The van der Waals surface area contributed by atoms with Crippen molar-refractivity contribution in [1.29, 1.82) is 0 Å². The first-order valence-corrected chi connectivity index (χ1v) is 11.5. The lowest BCUT2D eigenvalue weighted by atomic mass is 10.1. The third-order valence-corrected chi connectivity index (χ3v) is 7.26. The highest BCUT2D eigenvalue weighted by Crippen LogP contribution is 2.49. The Bertz CT molecular complexity index is 1360. The quantitative estimate of drug-likeness (QED) is 0.342. The highest BCUT2D eigenvalue weighted by molar-refractivity contribution is 7.12. The number of thiophene rings is 1. The van der Waals surface area contributed by atoms with Crippen molar-refractivity contribution in [3.63, 3.8) is 0 Å². The Morgan fingerprint density at radius 1 is 1.09 bits per heavy atom. The Balaban J connectivity index is 1.42. The van der Waals surface area contributed by atoms with Crippen LogP contribution in [0.5, 0.6) is 5.75 Å². The molecule has 1 aliphatic carbocycles. The van der Waals surface area contributed by atoms with E-state index < -0.39 is 6.61 Å². The van der Waals surface area contributed by atoms with Crippen LogP contribution in [0.3, 0.4) is 0 Å². The van der Waals surface area contributed by atoms with Crippen LogP contribution in [-0.4, -0.2) is 22.4 Å². The molecule has 1 aliphatic heterocycles. The van der Waals surface area contributed by atoms with Gasteiger partial charge in [0, 0.05) is 34.1 Å². The highest BCUT2D eigenvalue weighted by Gasteiger charge is 2.36. The summed E-state index contributed by atoms with van der Waals surface area (Å²) < 4.78 is 31.4. The van der Waals surface area contributed by atoms with Gasteiger partial charge in [0.1, 0.15) is 5.75 Å². The van der Waals surface area contributed by atoms with E-state index in [1.165, 1.54) is 29.9 Å². The third-order valence-electron chi connectivity index (χ3n) is 5.98. The Hall–Kier alpha value is -3.46. The van der Waals surface area contributed by atoms with Gasteiger partial charge < -0.3 is 4.74 Å². The van der Waals surface area contributed by atoms with Crippen molar-refractivity contribution in [2.24, 2.45) is 7.05 Å². The second-order valence-corrected chi connectivity index (χ2v) is 9.52. The van der Waals surface area contributed by atoms with Gasteiger partial charge >= 0.3 is 12.6 Å². The zero-order chi connectivity index (χ0) is 22.7. The standard InChI is InChI=1S/C24H20F2N4O2S/c1-28-12-15-10-17(6-9-19(15)27-28)29-13-22-20(11-21(33-22)14-2-3-14)30(24(29)31)16-4-7-18(8-5-16)32-23(25)26/h4-12,14,23H,2-3,13H2,1H3. The topological polar surface area (TPSA) is 50.6 Å². The van der Waals surface area contributed by atoms with Crippen molar-refractivity contribution in [3.8, 4) is 5.75 Å². The zero-order valence-electron chi connectivity index (χ0n) is 17.7. The number of alkyl halides is 2. The molecule has 3 heterocycles. The molecule has 2 aromatic carbocycles. The Morgan fingerprint density at radius 3 is 2.58 bits per heavy atom. The van der Waals surface area contributed by atoms with Gasteiger partial charge in [0.2, 0.25) is 0 Å². The predicted octanol–water partition coefficient (Wildman–Crippen LogP) is 6.39. The van der Waals surface area contributed by atoms with Gasteiger partial charge in [-0.1, -0.05) is 0 Å². The summed E-state index contributed by atoms with van der Waals surface area (Å²) in [6.45, 7) is -2.41. The lowest BCUT2D eigenvalue weighted by molar-refractivity contribution is -0.0498. The number of carbonyl (C=O) groups excluding carboxylic acids is 1. The molecular weight excluding hydrogens is 446 g/mol. The van der Waals surface area contributed by atoms with E-state index in [1.807, 2.05) is 31.4 Å². The number of aryl methyl sites for hydroxylation is 1. The first kappa shape index (κ1) is 20.2. The number of carbonyl (C=O) groups is 1. The van der Waals surface area contributed by atoms with Crippen molar-refractivity contribution < 1.29 is 18.3 Å². The number of urea groups is 1. The molecule has 6 nitrogen and oxygen atoms in total. The molecule has 2 aromatic heterocycles. The second-order valence-electron chi connectivity index (χ2n) is 8.35. The molecule has 168 valence electrons. The maximum atomic E-state index is 13.8. The van der Waals surface area contributed by atoms with Crippen LogP contribution >= 0.6 is 11.3 Å². The van der Waals surface area contributed by atoms with E-state index in [4.69, 9.17) is 0 Å². The number of halogens is 2. The van der Waals surface area contributed by atoms with Crippen molar-refractivity contribution in [1.82, 2.24) is 9.78 Å². The van der Waals surface area contributed by atoms with Crippen LogP contribution in [-0.2, 0) is 13.6 Å². The number of fused-ring (bicyclic) bond motifs is 2. The van der Waals surface area contributed by atoms with Gasteiger partial charge in [-0.2, -0.15) is 13.9 Å². The SMILES string of the molecule is Cn1cc2cc(N3Cc4sc(C5CC5)cc4N(c4ccc(OC(F)F)cc4)C3=O)ccc2n1. The molecule has 1 saturated carbocycles. The van der Waals surface area contributed by atoms with E-state index in [2.05, 4.69) is 15.9 Å². The smallest absolute Gasteiger partial charge is 0.387 e. The van der Waals surface area contributed by atoms with E-state index in [9.17, 15) is 13.6 Å². The van der Waals surface area contributed by atoms with E-state index in [0.29, 0.717) is 18.2 Å². The summed E-state index contributed by atoms with van der Waals surface area (Å²) in [5.41, 5.74) is 3.13. The number of rotatable bonds is 5. The number of benzene rings is 2. The van der Waals surface area contributed by atoms with Crippen LogP contribution in [0.25, 0.3) is 10.9 Å². The molecule has 0 saturated heterocycles. The number of hydrogen-bond acceptors (Lipinski definition) is 4. The fraction of sp³-hybridized carbons (Fsp3) is 0.250. The summed E-state index contributed by atoms with van der Waals surface area (Å²) in [4.78, 5) is 19.6. The molecular formula is C24H20F2N4O2S. The van der Waals surface area contributed by atoms with E-state index in [1.54, 1.807) is 38.0 Å². The van der Waals surface area contributed by atoms with E-state index in [0.717, 1.165) is 27.2 Å². The number of nitrogens with zero attached hydrogens (tertiary/aromatic N) is 4. The van der Waals surface area contributed by atoms with Gasteiger partial charge in [0.15, 0.2) is 0 Å². The van der Waals surface area contributed by atoms with Gasteiger partial charge in [-0.15, -0.1) is 11.3 Å².